The first-order chi connectivity index (χ1) is 9.21. The van der Waals surface area contributed by atoms with Gasteiger partial charge in [-0.3, -0.25) is 0 Å². The van der Waals surface area contributed by atoms with Crippen LogP contribution in [0.3, 0.4) is 0 Å². The maximum atomic E-state index is 10.9. The molecule has 0 bridgehead atoms. The third kappa shape index (κ3) is 7.25. The number of ether oxygens (including phenoxy) is 2. The summed E-state index contributed by atoms with van der Waals surface area (Å²) in [5.74, 6) is -0.581. The normalized spacial score (nSPS) is 9.85. The zero-order valence-corrected chi connectivity index (χ0v) is 12.4. The van der Waals surface area contributed by atoms with Crippen LogP contribution in [0.25, 0.3) is 0 Å². The fraction of sp³-hybridized carbons (Fsp3) is 0.429. The van der Waals surface area contributed by atoms with E-state index in [1.807, 2.05) is 20.8 Å². The smallest absolute Gasteiger partial charge is 0.407 e. The molecule has 1 aromatic carbocycles. The van der Waals surface area contributed by atoms with E-state index in [1.54, 1.807) is 12.1 Å². The van der Waals surface area contributed by atoms with E-state index in [4.69, 9.17) is 9.84 Å². The van der Waals surface area contributed by atoms with Crippen molar-refractivity contribution in [2.45, 2.75) is 26.4 Å². The molecule has 6 nitrogen and oxygen atoms in total. The lowest BCUT2D eigenvalue weighted by molar-refractivity contribution is 0.0540. The minimum atomic E-state index is -0.525. The molecule has 0 saturated carbocycles. The molecule has 20 heavy (non-hydrogen) atoms. The molecule has 0 heterocycles. The molecule has 0 aliphatic heterocycles. The largest absolute Gasteiger partial charge is 0.507 e. The average molecular weight is 283 g/mol. The maximum Gasteiger partial charge on any atom is 0.407 e. The summed E-state index contributed by atoms with van der Waals surface area (Å²) in [6.45, 7) is 5.46. The van der Waals surface area contributed by atoms with E-state index in [1.165, 1.54) is 26.3 Å². The molecule has 0 unspecified atom stereocenters. The summed E-state index contributed by atoms with van der Waals surface area (Å²) in [6, 6.07) is 6.24. The molecule has 1 amide bonds. The SMILES string of the molecule is CNC(=O)OC(C)(C)C.COC(=O)c1ccccc1O. The summed E-state index contributed by atoms with van der Waals surface area (Å²) in [7, 11) is 2.81. The number of esters is 1. The molecule has 0 aliphatic rings. The summed E-state index contributed by atoms with van der Waals surface area (Å²) in [6.07, 6.45) is -0.387. The zero-order valence-electron chi connectivity index (χ0n) is 12.4. The molecule has 0 spiro atoms. The van der Waals surface area contributed by atoms with Crippen LogP contribution in [-0.4, -0.2) is 36.9 Å². The molecule has 0 fully saturated rings. The van der Waals surface area contributed by atoms with Crippen molar-refractivity contribution >= 4 is 12.1 Å². The number of methoxy groups -OCH3 is 1. The number of rotatable bonds is 1. The molecule has 1 aromatic rings. The molecule has 1 rings (SSSR count). The van der Waals surface area contributed by atoms with Crippen LogP contribution in [0.1, 0.15) is 31.1 Å². The number of alkyl carbamates (subject to hydrolysis) is 1. The number of phenols is 1. The Labute approximate surface area is 118 Å². The average Bonchev–Trinajstić information content (AvgIpc) is 2.37. The fourth-order valence-electron chi connectivity index (χ4n) is 1.09. The third-order valence-electron chi connectivity index (χ3n) is 1.91. The number of hydrogen-bond acceptors (Lipinski definition) is 5. The first kappa shape index (κ1) is 17.8. The van der Waals surface area contributed by atoms with Gasteiger partial charge in [0.25, 0.3) is 0 Å². The highest BCUT2D eigenvalue weighted by atomic mass is 16.6. The van der Waals surface area contributed by atoms with Gasteiger partial charge in [-0.25, -0.2) is 9.59 Å². The Morgan fingerprint density at radius 3 is 2.10 bits per heavy atom. The van der Waals surface area contributed by atoms with E-state index < -0.39 is 5.97 Å². The van der Waals surface area contributed by atoms with Crippen LogP contribution in [0, 0.1) is 0 Å². The maximum absolute atomic E-state index is 10.9. The Balaban J connectivity index is 0.000000370. The van der Waals surface area contributed by atoms with Gasteiger partial charge in [-0.15, -0.1) is 0 Å². The van der Waals surface area contributed by atoms with Crippen LogP contribution >= 0.6 is 0 Å². The van der Waals surface area contributed by atoms with E-state index >= 15 is 0 Å². The van der Waals surface area contributed by atoms with E-state index in [9.17, 15) is 9.59 Å². The van der Waals surface area contributed by atoms with Crippen molar-refractivity contribution in [3.8, 4) is 5.75 Å². The molecular weight excluding hydrogens is 262 g/mol. The molecule has 112 valence electrons. The summed E-state index contributed by atoms with van der Waals surface area (Å²) >= 11 is 0. The number of carbonyl (C=O) groups excluding carboxylic acids is 2. The minimum Gasteiger partial charge on any atom is -0.507 e. The van der Waals surface area contributed by atoms with E-state index in [0.717, 1.165) is 0 Å². The van der Waals surface area contributed by atoms with Gasteiger partial charge in [0.2, 0.25) is 0 Å². The topological polar surface area (TPSA) is 84.9 Å². The molecule has 0 aromatic heterocycles. The van der Waals surface area contributed by atoms with Crippen molar-refractivity contribution in [3.63, 3.8) is 0 Å². The Bertz CT molecular complexity index is 451. The Morgan fingerprint density at radius 1 is 1.20 bits per heavy atom. The number of aromatic hydroxyl groups is 1. The minimum absolute atomic E-state index is 0.0562. The van der Waals surface area contributed by atoms with E-state index in [2.05, 4.69) is 10.1 Å². The van der Waals surface area contributed by atoms with Crippen LogP contribution < -0.4 is 5.32 Å². The predicted octanol–water partition coefficient (Wildman–Crippen LogP) is 2.32. The van der Waals surface area contributed by atoms with Gasteiger partial charge >= 0.3 is 12.1 Å². The predicted molar refractivity (Wildman–Crippen MR) is 74.7 cm³/mol. The Morgan fingerprint density at radius 2 is 1.75 bits per heavy atom. The first-order valence-corrected chi connectivity index (χ1v) is 5.98. The Hall–Kier alpha value is -2.24. The summed E-state index contributed by atoms with van der Waals surface area (Å²) in [5, 5.41) is 11.5. The lowest BCUT2D eigenvalue weighted by atomic mass is 10.2. The number of hydrogen-bond donors (Lipinski definition) is 2. The van der Waals surface area contributed by atoms with Crippen LogP contribution in [0.5, 0.6) is 5.75 Å². The summed E-state index contributed by atoms with van der Waals surface area (Å²) in [5.41, 5.74) is -0.199. The van der Waals surface area contributed by atoms with Gasteiger partial charge < -0.3 is 19.9 Å². The summed E-state index contributed by atoms with van der Waals surface area (Å²) in [4.78, 5) is 21.3. The van der Waals surface area contributed by atoms with Gasteiger partial charge in [0, 0.05) is 7.05 Å². The first-order valence-electron chi connectivity index (χ1n) is 5.98. The number of amides is 1. The lowest BCUT2D eigenvalue weighted by Gasteiger charge is -2.18. The molecule has 0 radical (unpaired) electrons. The van der Waals surface area contributed by atoms with Crippen LogP contribution in [0.15, 0.2) is 24.3 Å². The number of phenolic OH excluding ortho intramolecular Hbond substituents is 1. The molecule has 0 atom stereocenters. The van der Waals surface area contributed by atoms with Crippen molar-refractivity contribution in [3.05, 3.63) is 29.8 Å². The number of nitrogens with one attached hydrogen (secondary N) is 1. The standard InChI is InChI=1S/C8H8O3.C6H13NO2/c1-11-8(10)6-4-2-3-5-7(6)9;1-6(2,3)9-5(8)7-4/h2-5,9H,1H3;1-4H3,(H,7,8). The second-order valence-electron chi connectivity index (χ2n) is 4.76. The third-order valence-corrected chi connectivity index (χ3v) is 1.91. The molecule has 0 saturated heterocycles. The van der Waals surface area contributed by atoms with Gasteiger partial charge in [0.15, 0.2) is 0 Å². The lowest BCUT2D eigenvalue weighted by Crippen LogP contribution is -2.30. The van der Waals surface area contributed by atoms with Gasteiger partial charge in [0.05, 0.1) is 7.11 Å². The monoisotopic (exact) mass is 283 g/mol. The van der Waals surface area contributed by atoms with Crippen molar-refractivity contribution in [2.24, 2.45) is 0 Å². The van der Waals surface area contributed by atoms with Crippen LogP contribution in [0.4, 0.5) is 4.79 Å². The molecule has 6 heteroatoms. The van der Waals surface area contributed by atoms with Crippen molar-refractivity contribution in [1.29, 1.82) is 0 Å². The number of para-hydroxylation sites is 1. The molecule has 0 aliphatic carbocycles. The molecular formula is C14H21NO5. The Kier molecular flexibility index (Phi) is 7.14. The molecule has 2 N–H and O–H groups in total. The van der Waals surface area contributed by atoms with Crippen LogP contribution in [0.2, 0.25) is 0 Å². The van der Waals surface area contributed by atoms with Crippen molar-refractivity contribution in [1.82, 2.24) is 5.32 Å². The highest BCUT2D eigenvalue weighted by molar-refractivity contribution is 5.92. The second-order valence-corrected chi connectivity index (χ2v) is 4.76. The van der Waals surface area contributed by atoms with Crippen molar-refractivity contribution in [2.75, 3.05) is 14.2 Å². The van der Waals surface area contributed by atoms with Crippen LogP contribution in [-0.2, 0) is 9.47 Å². The summed E-state index contributed by atoms with van der Waals surface area (Å²) < 4.78 is 9.25. The van der Waals surface area contributed by atoms with Crippen molar-refractivity contribution < 1.29 is 24.2 Å². The number of carbonyl (C=O) groups is 2. The number of benzene rings is 1. The quantitative estimate of drug-likeness (QED) is 0.773. The van der Waals surface area contributed by atoms with Gasteiger partial charge in [0.1, 0.15) is 16.9 Å². The highest BCUT2D eigenvalue weighted by Crippen LogP contribution is 2.15. The fourth-order valence-corrected chi connectivity index (χ4v) is 1.09. The van der Waals surface area contributed by atoms with Gasteiger partial charge in [-0.2, -0.15) is 0 Å². The zero-order chi connectivity index (χ0) is 15.8. The highest BCUT2D eigenvalue weighted by Gasteiger charge is 2.14. The van der Waals surface area contributed by atoms with Gasteiger partial charge in [-0.1, -0.05) is 12.1 Å². The van der Waals surface area contributed by atoms with Gasteiger partial charge in [-0.05, 0) is 32.9 Å². The van der Waals surface area contributed by atoms with E-state index in [-0.39, 0.29) is 23.0 Å². The van der Waals surface area contributed by atoms with E-state index in [0.29, 0.717) is 0 Å². The second kappa shape index (κ2) is 8.04.